The van der Waals surface area contributed by atoms with Crippen molar-refractivity contribution in [3.63, 3.8) is 0 Å². The molecule has 0 amide bonds. The SMILES string of the molecule is N#Cc1ccc(N)[nH]c1=S. The van der Waals surface area contributed by atoms with Gasteiger partial charge in [0.2, 0.25) is 0 Å². The van der Waals surface area contributed by atoms with E-state index in [0.29, 0.717) is 16.0 Å². The maximum Gasteiger partial charge on any atom is 0.122 e. The van der Waals surface area contributed by atoms with E-state index in [2.05, 4.69) is 4.98 Å². The molecule has 1 aromatic heterocycles. The third-order valence-electron chi connectivity index (χ3n) is 1.05. The van der Waals surface area contributed by atoms with E-state index in [9.17, 15) is 0 Å². The molecule has 0 unspecified atom stereocenters. The molecule has 0 bridgehead atoms. The number of aromatic amines is 1. The molecular weight excluding hydrogens is 146 g/mol. The van der Waals surface area contributed by atoms with Crippen molar-refractivity contribution in [2.45, 2.75) is 0 Å². The van der Waals surface area contributed by atoms with Crippen molar-refractivity contribution in [1.82, 2.24) is 4.98 Å². The van der Waals surface area contributed by atoms with Crippen molar-refractivity contribution in [3.8, 4) is 6.07 Å². The monoisotopic (exact) mass is 151 g/mol. The van der Waals surface area contributed by atoms with Gasteiger partial charge >= 0.3 is 0 Å². The van der Waals surface area contributed by atoms with Gasteiger partial charge in [0.15, 0.2) is 0 Å². The summed E-state index contributed by atoms with van der Waals surface area (Å²) in [6.45, 7) is 0. The molecule has 50 valence electrons. The topological polar surface area (TPSA) is 65.6 Å². The summed E-state index contributed by atoms with van der Waals surface area (Å²) < 4.78 is 0.391. The molecule has 4 heteroatoms. The zero-order valence-corrected chi connectivity index (χ0v) is 5.90. The maximum atomic E-state index is 8.43. The maximum absolute atomic E-state index is 8.43. The highest BCUT2D eigenvalue weighted by Crippen LogP contribution is 2.01. The first-order chi connectivity index (χ1) is 4.74. The van der Waals surface area contributed by atoms with Crippen molar-refractivity contribution >= 4 is 18.0 Å². The molecule has 3 nitrogen and oxygen atoms in total. The number of rotatable bonds is 0. The Kier molecular flexibility index (Phi) is 1.69. The lowest BCUT2D eigenvalue weighted by molar-refractivity contribution is 1.28. The minimum Gasteiger partial charge on any atom is -0.385 e. The average molecular weight is 151 g/mol. The minimum atomic E-state index is 0.391. The van der Waals surface area contributed by atoms with Gasteiger partial charge in [-0.05, 0) is 12.1 Å². The number of nitrogens with two attached hydrogens (primary N) is 1. The lowest BCUT2D eigenvalue weighted by Gasteiger charge is -1.91. The van der Waals surface area contributed by atoms with Crippen molar-refractivity contribution in [2.24, 2.45) is 0 Å². The predicted molar refractivity (Wildman–Crippen MR) is 40.8 cm³/mol. The number of anilines is 1. The summed E-state index contributed by atoms with van der Waals surface area (Å²) in [5.74, 6) is 0.476. The summed E-state index contributed by atoms with van der Waals surface area (Å²) in [4.78, 5) is 2.66. The zero-order valence-electron chi connectivity index (χ0n) is 5.09. The van der Waals surface area contributed by atoms with Gasteiger partial charge in [-0.3, -0.25) is 0 Å². The first-order valence-electron chi connectivity index (χ1n) is 2.63. The number of nitrogen functional groups attached to an aromatic ring is 1. The minimum absolute atomic E-state index is 0.391. The van der Waals surface area contributed by atoms with Gasteiger partial charge in [-0.15, -0.1) is 0 Å². The van der Waals surface area contributed by atoms with Crippen LogP contribution >= 0.6 is 12.2 Å². The molecule has 1 rings (SSSR count). The van der Waals surface area contributed by atoms with Crippen LogP contribution < -0.4 is 5.73 Å². The van der Waals surface area contributed by atoms with Crippen LogP contribution in [-0.4, -0.2) is 4.98 Å². The highest BCUT2D eigenvalue weighted by Gasteiger charge is 1.91. The number of hydrogen-bond acceptors (Lipinski definition) is 3. The van der Waals surface area contributed by atoms with E-state index >= 15 is 0 Å². The highest BCUT2D eigenvalue weighted by molar-refractivity contribution is 7.71. The quantitative estimate of drug-likeness (QED) is 0.547. The lowest BCUT2D eigenvalue weighted by atomic mass is 10.3. The Morgan fingerprint density at radius 2 is 2.30 bits per heavy atom. The van der Waals surface area contributed by atoms with E-state index in [-0.39, 0.29) is 0 Å². The first kappa shape index (κ1) is 6.78. The van der Waals surface area contributed by atoms with Crippen LogP contribution in [0.1, 0.15) is 5.56 Å². The molecule has 10 heavy (non-hydrogen) atoms. The molecule has 0 aliphatic rings. The molecule has 0 atom stereocenters. The summed E-state index contributed by atoms with van der Waals surface area (Å²) in [6, 6.07) is 5.13. The predicted octanol–water partition coefficient (Wildman–Crippen LogP) is 1.20. The lowest BCUT2D eigenvalue weighted by Crippen LogP contribution is -1.90. The van der Waals surface area contributed by atoms with Crippen LogP contribution in [0, 0.1) is 16.0 Å². The standard InChI is InChI=1S/C6H5N3S/c7-3-4-1-2-5(8)9-6(4)10/h1-2H,(H3,8,9,10). The van der Waals surface area contributed by atoms with Crippen LogP contribution in [0.15, 0.2) is 12.1 Å². The molecule has 0 saturated carbocycles. The third-order valence-corrected chi connectivity index (χ3v) is 1.37. The Labute approximate surface area is 63.1 Å². The van der Waals surface area contributed by atoms with Crippen LogP contribution in [0.3, 0.4) is 0 Å². The molecule has 0 aliphatic carbocycles. The number of aromatic nitrogens is 1. The van der Waals surface area contributed by atoms with Gasteiger partial charge in [-0.1, -0.05) is 12.2 Å². The molecule has 0 aliphatic heterocycles. The fraction of sp³-hybridized carbons (Fsp3) is 0. The molecule has 0 spiro atoms. The van der Waals surface area contributed by atoms with E-state index in [0.717, 1.165) is 0 Å². The van der Waals surface area contributed by atoms with Gasteiger partial charge in [-0.2, -0.15) is 5.26 Å². The Morgan fingerprint density at radius 3 is 2.80 bits per heavy atom. The molecule has 1 aromatic rings. The summed E-state index contributed by atoms with van der Waals surface area (Å²) in [5, 5.41) is 8.43. The molecular formula is C6H5N3S. The summed E-state index contributed by atoms with van der Waals surface area (Å²) in [5.41, 5.74) is 5.80. The van der Waals surface area contributed by atoms with Crippen LogP contribution in [-0.2, 0) is 0 Å². The Morgan fingerprint density at radius 1 is 1.60 bits per heavy atom. The normalized spacial score (nSPS) is 8.70. The van der Waals surface area contributed by atoms with Crippen molar-refractivity contribution in [3.05, 3.63) is 22.3 Å². The number of nitriles is 1. The smallest absolute Gasteiger partial charge is 0.122 e. The largest absolute Gasteiger partial charge is 0.385 e. The second-order valence-electron chi connectivity index (χ2n) is 1.77. The number of pyridine rings is 1. The molecule has 0 radical (unpaired) electrons. The average Bonchev–Trinajstić information content (AvgIpc) is 1.88. The highest BCUT2D eigenvalue weighted by atomic mass is 32.1. The Hall–Kier alpha value is -1.34. The molecule has 1 heterocycles. The van der Waals surface area contributed by atoms with Gasteiger partial charge in [0.05, 0.1) is 5.56 Å². The van der Waals surface area contributed by atoms with Gasteiger partial charge in [0, 0.05) is 0 Å². The first-order valence-corrected chi connectivity index (χ1v) is 3.04. The van der Waals surface area contributed by atoms with Gasteiger partial charge < -0.3 is 10.7 Å². The van der Waals surface area contributed by atoms with E-state index in [1.807, 2.05) is 6.07 Å². The van der Waals surface area contributed by atoms with Crippen LogP contribution in [0.2, 0.25) is 0 Å². The number of nitrogens with zero attached hydrogens (tertiary/aromatic N) is 1. The second-order valence-corrected chi connectivity index (χ2v) is 2.18. The zero-order chi connectivity index (χ0) is 7.56. The van der Waals surface area contributed by atoms with Crippen molar-refractivity contribution < 1.29 is 0 Å². The summed E-state index contributed by atoms with van der Waals surface area (Å²) >= 11 is 4.78. The summed E-state index contributed by atoms with van der Waals surface area (Å²) in [7, 11) is 0. The molecule has 3 N–H and O–H groups in total. The fourth-order valence-corrected chi connectivity index (χ4v) is 0.808. The second kappa shape index (κ2) is 2.50. The van der Waals surface area contributed by atoms with Crippen molar-refractivity contribution in [1.29, 1.82) is 5.26 Å². The number of H-pyrrole nitrogens is 1. The van der Waals surface area contributed by atoms with Gasteiger partial charge in [0.1, 0.15) is 16.5 Å². The van der Waals surface area contributed by atoms with E-state index < -0.39 is 0 Å². The van der Waals surface area contributed by atoms with Gasteiger partial charge in [0.25, 0.3) is 0 Å². The molecule has 0 saturated heterocycles. The number of hydrogen-bond donors (Lipinski definition) is 2. The fourth-order valence-electron chi connectivity index (χ4n) is 0.577. The van der Waals surface area contributed by atoms with Gasteiger partial charge in [-0.25, -0.2) is 0 Å². The van der Waals surface area contributed by atoms with E-state index in [4.69, 9.17) is 23.2 Å². The van der Waals surface area contributed by atoms with E-state index in [1.54, 1.807) is 12.1 Å². The van der Waals surface area contributed by atoms with Crippen molar-refractivity contribution in [2.75, 3.05) is 5.73 Å². The third kappa shape index (κ3) is 1.14. The van der Waals surface area contributed by atoms with Crippen LogP contribution in [0.25, 0.3) is 0 Å². The van der Waals surface area contributed by atoms with Crippen LogP contribution in [0.4, 0.5) is 5.82 Å². The Balaban J connectivity index is 3.38. The van der Waals surface area contributed by atoms with E-state index in [1.165, 1.54) is 0 Å². The van der Waals surface area contributed by atoms with Crippen LogP contribution in [0.5, 0.6) is 0 Å². The Bertz CT molecular complexity index is 334. The summed E-state index contributed by atoms with van der Waals surface area (Å²) in [6.07, 6.45) is 0. The molecule has 0 fully saturated rings. The number of nitrogens with one attached hydrogen (secondary N) is 1. The molecule has 0 aromatic carbocycles.